The van der Waals surface area contributed by atoms with Gasteiger partial charge in [-0.3, -0.25) is 15.1 Å². The van der Waals surface area contributed by atoms with Gasteiger partial charge >= 0.3 is 0 Å². The van der Waals surface area contributed by atoms with Crippen LogP contribution in [0, 0.1) is 27.7 Å². The summed E-state index contributed by atoms with van der Waals surface area (Å²) in [6.07, 6.45) is 4.46. The number of thiazole rings is 1. The third-order valence-electron chi connectivity index (χ3n) is 3.91. The Morgan fingerprint density at radius 3 is 2.50 bits per heavy atom. The molecule has 5 nitrogen and oxygen atoms in total. The van der Waals surface area contributed by atoms with E-state index in [1.54, 1.807) is 0 Å². The monoisotopic (exact) mass is 338 g/mol. The molecule has 0 saturated heterocycles. The van der Waals surface area contributed by atoms with E-state index in [0.717, 1.165) is 16.1 Å². The van der Waals surface area contributed by atoms with E-state index in [4.69, 9.17) is 0 Å². The summed E-state index contributed by atoms with van der Waals surface area (Å²) in [4.78, 5) is 25.8. The Morgan fingerprint density at radius 1 is 1.04 bits per heavy atom. The standard InChI is InChI=1S/C18H18N4OS/c1-10-7-12(3)14(8-11(10)2)16-13(4)24-18(21-16)22-17(23)15-9-19-5-6-20-15/h5-9H,1-4H3,(H,21,22,23). The van der Waals surface area contributed by atoms with Crippen LogP contribution in [0.15, 0.2) is 30.7 Å². The van der Waals surface area contributed by atoms with E-state index >= 15 is 0 Å². The molecule has 0 aliphatic rings. The third-order valence-corrected chi connectivity index (χ3v) is 4.79. The Balaban J connectivity index is 1.91. The summed E-state index contributed by atoms with van der Waals surface area (Å²) < 4.78 is 0. The molecule has 0 aliphatic carbocycles. The van der Waals surface area contributed by atoms with Crippen molar-refractivity contribution in [2.24, 2.45) is 0 Å². The van der Waals surface area contributed by atoms with Crippen LogP contribution in [0.2, 0.25) is 0 Å². The summed E-state index contributed by atoms with van der Waals surface area (Å²) in [5.74, 6) is -0.305. The minimum Gasteiger partial charge on any atom is -0.296 e. The Kier molecular flexibility index (Phi) is 4.40. The van der Waals surface area contributed by atoms with Gasteiger partial charge in [0, 0.05) is 22.8 Å². The molecule has 24 heavy (non-hydrogen) atoms. The summed E-state index contributed by atoms with van der Waals surface area (Å²) in [7, 11) is 0. The van der Waals surface area contributed by atoms with E-state index in [9.17, 15) is 4.79 Å². The van der Waals surface area contributed by atoms with Crippen LogP contribution in [-0.2, 0) is 0 Å². The van der Waals surface area contributed by atoms with E-state index in [2.05, 4.69) is 53.2 Å². The summed E-state index contributed by atoms with van der Waals surface area (Å²) in [6, 6.07) is 4.32. The molecule has 0 bridgehead atoms. The van der Waals surface area contributed by atoms with E-state index in [1.165, 1.54) is 46.6 Å². The minimum absolute atomic E-state index is 0.272. The molecular formula is C18H18N4OS. The molecule has 0 fully saturated rings. The van der Waals surface area contributed by atoms with Crippen molar-refractivity contribution in [2.45, 2.75) is 27.7 Å². The van der Waals surface area contributed by atoms with Gasteiger partial charge in [0.25, 0.3) is 5.91 Å². The number of nitrogens with one attached hydrogen (secondary N) is 1. The molecule has 1 amide bonds. The van der Waals surface area contributed by atoms with E-state index in [1.807, 2.05) is 6.92 Å². The van der Waals surface area contributed by atoms with Crippen molar-refractivity contribution in [1.29, 1.82) is 0 Å². The highest BCUT2D eigenvalue weighted by Crippen LogP contribution is 2.33. The maximum absolute atomic E-state index is 12.2. The van der Waals surface area contributed by atoms with Crippen molar-refractivity contribution in [3.05, 3.63) is 58.0 Å². The smallest absolute Gasteiger partial charge is 0.277 e. The van der Waals surface area contributed by atoms with Crippen LogP contribution in [0.5, 0.6) is 0 Å². The van der Waals surface area contributed by atoms with Gasteiger partial charge in [-0.15, -0.1) is 11.3 Å². The van der Waals surface area contributed by atoms with Crippen molar-refractivity contribution in [1.82, 2.24) is 15.0 Å². The summed E-state index contributed by atoms with van der Waals surface area (Å²) in [5, 5.41) is 3.37. The molecule has 0 saturated carbocycles. The Hall–Kier alpha value is -2.60. The summed E-state index contributed by atoms with van der Waals surface area (Å²) in [5.41, 5.74) is 5.96. The molecule has 0 spiro atoms. The average Bonchev–Trinajstić information content (AvgIpc) is 2.92. The van der Waals surface area contributed by atoms with Crippen LogP contribution in [0.4, 0.5) is 5.13 Å². The first-order valence-electron chi connectivity index (χ1n) is 7.58. The Bertz CT molecular complexity index is 903. The van der Waals surface area contributed by atoms with Gasteiger partial charge in [-0.2, -0.15) is 0 Å². The molecule has 2 aromatic heterocycles. The number of aryl methyl sites for hydroxylation is 4. The van der Waals surface area contributed by atoms with Gasteiger partial charge in [-0.1, -0.05) is 6.07 Å². The fourth-order valence-electron chi connectivity index (χ4n) is 2.49. The van der Waals surface area contributed by atoms with Crippen LogP contribution < -0.4 is 5.32 Å². The molecule has 0 radical (unpaired) electrons. The first-order valence-corrected chi connectivity index (χ1v) is 8.40. The number of nitrogens with zero attached hydrogens (tertiary/aromatic N) is 3. The van der Waals surface area contributed by atoms with Crippen LogP contribution in [0.3, 0.4) is 0 Å². The lowest BCUT2D eigenvalue weighted by Crippen LogP contribution is -2.13. The van der Waals surface area contributed by atoms with Crippen molar-refractivity contribution < 1.29 is 4.79 Å². The first-order chi connectivity index (χ1) is 11.5. The number of benzene rings is 1. The van der Waals surface area contributed by atoms with Crippen LogP contribution in [0.1, 0.15) is 32.1 Å². The number of amides is 1. The molecule has 1 aromatic carbocycles. The number of hydrogen-bond acceptors (Lipinski definition) is 5. The highest BCUT2D eigenvalue weighted by Gasteiger charge is 2.15. The fourth-order valence-corrected chi connectivity index (χ4v) is 3.32. The van der Waals surface area contributed by atoms with Gasteiger partial charge in [0.15, 0.2) is 5.13 Å². The van der Waals surface area contributed by atoms with Gasteiger partial charge in [0.1, 0.15) is 5.69 Å². The van der Waals surface area contributed by atoms with Crippen molar-refractivity contribution in [3.63, 3.8) is 0 Å². The molecule has 3 rings (SSSR count). The highest BCUT2D eigenvalue weighted by atomic mass is 32.1. The Morgan fingerprint density at radius 2 is 1.79 bits per heavy atom. The predicted molar refractivity (Wildman–Crippen MR) is 96.5 cm³/mol. The normalized spacial score (nSPS) is 10.7. The Labute approximate surface area is 144 Å². The molecule has 2 heterocycles. The van der Waals surface area contributed by atoms with Gasteiger partial charge in [-0.25, -0.2) is 9.97 Å². The zero-order valence-corrected chi connectivity index (χ0v) is 14.9. The van der Waals surface area contributed by atoms with Crippen LogP contribution >= 0.6 is 11.3 Å². The van der Waals surface area contributed by atoms with Gasteiger partial charge in [0.2, 0.25) is 0 Å². The maximum atomic E-state index is 12.2. The molecule has 0 atom stereocenters. The van der Waals surface area contributed by atoms with Crippen LogP contribution in [-0.4, -0.2) is 20.9 Å². The minimum atomic E-state index is -0.305. The SMILES string of the molecule is Cc1cc(C)c(-c2nc(NC(=O)c3cnccn3)sc2C)cc1C. The van der Waals surface area contributed by atoms with Gasteiger partial charge < -0.3 is 0 Å². The third kappa shape index (κ3) is 3.19. The lowest BCUT2D eigenvalue weighted by molar-refractivity contribution is 0.102. The summed E-state index contributed by atoms with van der Waals surface area (Å²) in [6.45, 7) is 8.29. The number of carbonyl (C=O) groups is 1. The maximum Gasteiger partial charge on any atom is 0.277 e. The number of rotatable bonds is 3. The highest BCUT2D eigenvalue weighted by molar-refractivity contribution is 7.16. The molecular weight excluding hydrogens is 320 g/mol. The van der Waals surface area contributed by atoms with E-state index in [-0.39, 0.29) is 11.6 Å². The lowest BCUT2D eigenvalue weighted by Gasteiger charge is -2.08. The second kappa shape index (κ2) is 6.49. The topological polar surface area (TPSA) is 67.8 Å². The number of hydrogen-bond donors (Lipinski definition) is 1. The van der Waals surface area contributed by atoms with E-state index < -0.39 is 0 Å². The number of aromatic nitrogens is 3. The second-order valence-corrected chi connectivity index (χ2v) is 6.92. The molecule has 1 N–H and O–H groups in total. The second-order valence-electron chi connectivity index (χ2n) is 5.72. The molecule has 3 aromatic rings. The number of anilines is 1. The predicted octanol–water partition coefficient (Wildman–Crippen LogP) is 4.09. The molecule has 6 heteroatoms. The summed E-state index contributed by atoms with van der Waals surface area (Å²) >= 11 is 1.46. The van der Waals surface area contributed by atoms with Gasteiger partial charge in [-0.05, 0) is 50.5 Å². The zero-order chi connectivity index (χ0) is 17.3. The van der Waals surface area contributed by atoms with Crippen molar-refractivity contribution in [3.8, 4) is 11.3 Å². The van der Waals surface area contributed by atoms with E-state index in [0.29, 0.717) is 5.13 Å². The fraction of sp³-hybridized carbons (Fsp3) is 0.222. The quantitative estimate of drug-likeness (QED) is 0.781. The van der Waals surface area contributed by atoms with Crippen molar-refractivity contribution in [2.75, 3.05) is 5.32 Å². The molecule has 0 unspecified atom stereocenters. The zero-order valence-electron chi connectivity index (χ0n) is 14.0. The first kappa shape index (κ1) is 16.3. The average molecular weight is 338 g/mol. The van der Waals surface area contributed by atoms with Gasteiger partial charge in [0.05, 0.1) is 11.9 Å². The lowest BCUT2D eigenvalue weighted by atomic mass is 9.98. The number of carbonyl (C=O) groups excluding carboxylic acids is 1. The van der Waals surface area contributed by atoms with Crippen molar-refractivity contribution >= 4 is 22.4 Å². The van der Waals surface area contributed by atoms with Crippen LogP contribution in [0.25, 0.3) is 11.3 Å². The molecule has 0 aliphatic heterocycles. The largest absolute Gasteiger partial charge is 0.296 e. The molecule has 122 valence electrons.